The van der Waals surface area contributed by atoms with E-state index in [1.54, 1.807) is 31.2 Å². The van der Waals surface area contributed by atoms with Crippen LogP contribution in [0.3, 0.4) is 0 Å². The van der Waals surface area contributed by atoms with Crippen molar-refractivity contribution in [3.05, 3.63) is 48.1 Å². The molecule has 1 saturated carbocycles. The lowest BCUT2D eigenvalue weighted by Gasteiger charge is -2.27. The summed E-state index contributed by atoms with van der Waals surface area (Å²) in [5.41, 5.74) is 0.722. The molecule has 0 amide bonds. The van der Waals surface area contributed by atoms with Gasteiger partial charge in [-0.25, -0.2) is 9.59 Å². The van der Waals surface area contributed by atoms with Crippen molar-refractivity contribution in [1.29, 1.82) is 0 Å². The fourth-order valence-electron chi connectivity index (χ4n) is 3.57. The summed E-state index contributed by atoms with van der Waals surface area (Å²) in [7, 11) is 1.54. The topological polar surface area (TPSA) is 99.1 Å². The highest BCUT2D eigenvalue weighted by atomic mass is 16.6. The summed E-state index contributed by atoms with van der Waals surface area (Å²) in [6, 6.07) is 6.33. The Hall–Kier alpha value is -2.93. The van der Waals surface area contributed by atoms with E-state index < -0.39 is 24.1 Å². The summed E-state index contributed by atoms with van der Waals surface area (Å²) in [6.45, 7) is 1.55. The largest absolute Gasteiger partial charge is 0.508 e. The van der Waals surface area contributed by atoms with E-state index in [1.165, 1.54) is 31.4 Å². The number of carbonyl (C=O) groups excluding carboxylic acids is 3. The van der Waals surface area contributed by atoms with Crippen molar-refractivity contribution in [2.24, 2.45) is 11.8 Å². The molecule has 29 heavy (non-hydrogen) atoms. The highest BCUT2D eigenvalue weighted by Gasteiger charge is 2.52. The molecule has 0 unspecified atom stereocenters. The van der Waals surface area contributed by atoms with Crippen LogP contribution >= 0.6 is 0 Å². The van der Waals surface area contributed by atoms with Crippen LogP contribution in [0.1, 0.15) is 25.3 Å². The summed E-state index contributed by atoms with van der Waals surface area (Å²) in [5, 5.41) is 9.26. The maximum atomic E-state index is 12.6. The Balaban J connectivity index is 1.51. The molecule has 1 aromatic rings. The second-order valence-electron chi connectivity index (χ2n) is 7.23. The fourth-order valence-corrected chi connectivity index (χ4v) is 3.57. The van der Waals surface area contributed by atoms with E-state index >= 15 is 0 Å². The number of esters is 2. The van der Waals surface area contributed by atoms with Gasteiger partial charge < -0.3 is 19.3 Å². The molecule has 0 aromatic heterocycles. The number of hydrogen-bond acceptors (Lipinski definition) is 7. The van der Waals surface area contributed by atoms with Gasteiger partial charge in [0.15, 0.2) is 11.9 Å². The van der Waals surface area contributed by atoms with Crippen LogP contribution in [-0.2, 0) is 28.6 Å². The van der Waals surface area contributed by atoms with Crippen LogP contribution in [0.25, 0.3) is 6.08 Å². The number of ether oxygens (including phenoxy) is 3. The molecule has 154 valence electrons. The Bertz CT molecular complexity index is 824. The molecule has 0 spiro atoms. The van der Waals surface area contributed by atoms with Gasteiger partial charge in [-0.2, -0.15) is 0 Å². The Morgan fingerprint density at radius 2 is 2.00 bits per heavy atom. The van der Waals surface area contributed by atoms with Crippen LogP contribution in [0.5, 0.6) is 5.75 Å². The zero-order valence-corrected chi connectivity index (χ0v) is 16.3. The molecule has 5 atom stereocenters. The number of methoxy groups -OCH3 is 1. The van der Waals surface area contributed by atoms with E-state index in [0.29, 0.717) is 12.8 Å². The van der Waals surface area contributed by atoms with Crippen LogP contribution in [0.15, 0.2) is 42.5 Å². The van der Waals surface area contributed by atoms with Crippen LogP contribution in [0.2, 0.25) is 0 Å². The van der Waals surface area contributed by atoms with Crippen molar-refractivity contribution in [3.8, 4) is 5.75 Å². The third-order valence-corrected chi connectivity index (χ3v) is 5.15. The third-order valence-electron chi connectivity index (χ3n) is 5.15. The molecule has 7 heteroatoms. The molecule has 1 aliphatic carbocycles. The number of benzene rings is 1. The van der Waals surface area contributed by atoms with Crippen LogP contribution < -0.4 is 0 Å². The highest BCUT2D eigenvalue weighted by Crippen LogP contribution is 2.46. The number of ketones is 1. The smallest absolute Gasteiger partial charge is 0.331 e. The van der Waals surface area contributed by atoms with Crippen LogP contribution in [0.4, 0.5) is 0 Å². The predicted molar refractivity (Wildman–Crippen MR) is 104 cm³/mol. The second-order valence-corrected chi connectivity index (χ2v) is 7.23. The minimum atomic E-state index is -0.881. The van der Waals surface area contributed by atoms with Gasteiger partial charge in [0.1, 0.15) is 11.9 Å². The van der Waals surface area contributed by atoms with Gasteiger partial charge in [0, 0.05) is 31.6 Å². The quantitative estimate of drug-likeness (QED) is 0.528. The average Bonchev–Trinajstić information content (AvgIpc) is 3.48. The van der Waals surface area contributed by atoms with E-state index in [-0.39, 0.29) is 29.5 Å². The monoisotopic (exact) mass is 400 g/mol. The van der Waals surface area contributed by atoms with Gasteiger partial charge in [-0.1, -0.05) is 18.2 Å². The molecule has 1 fully saturated rings. The van der Waals surface area contributed by atoms with Gasteiger partial charge in [0.25, 0.3) is 0 Å². The lowest BCUT2D eigenvalue weighted by molar-refractivity contribution is -0.154. The fraction of sp³-hybridized carbons (Fsp3) is 0.409. The molecular weight excluding hydrogens is 376 g/mol. The normalized spacial score (nSPS) is 25.3. The second kappa shape index (κ2) is 9.05. The molecular formula is C22H24O7. The molecule has 7 nitrogen and oxygen atoms in total. The lowest BCUT2D eigenvalue weighted by atomic mass is 10.0. The van der Waals surface area contributed by atoms with Crippen molar-refractivity contribution in [3.63, 3.8) is 0 Å². The number of hydrogen-bond donors (Lipinski definition) is 1. The summed E-state index contributed by atoms with van der Waals surface area (Å²) in [4.78, 5) is 36.1. The van der Waals surface area contributed by atoms with Crippen molar-refractivity contribution in [2.75, 3.05) is 7.11 Å². The number of phenolic OH excluding ortho intramolecular Hbond substituents is 1. The maximum Gasteiger partial charge on any atom is 0.331 e. The molecule has 1 heterocycles. The van der Waals surface area contributed by atoms with Gasteiger partial charge >= 0.3 is 11.9 Å². The minimum Gasteiger partial charge on any atom is -0.508 e. The van der Waals surface area contributed by atoms with Crippen LogP contribution in [-0.4, -0.2) is 48.3 Å². The van der Waals surface area contributed by atoms with Gasteiger partial charge in [-0.05, 0) is 43.0 Å². The zero-order chi connectivity index (χ0) is 21.0. The van der Waals surface area contributed by atoms with E-state index in [4.69, 9.17) is 14.2 Å². The first-order valence-corrected chi connectivity index (χ1v) is 9.50. The first-order valence-electron chi connectivity index (χ1n) is 9.50. The van der Waals surface area contributed by atoms with E-state index in [0.717, 1.165) is 5.56 Å². The van der Waals surface area contributed by atoms with Crippen molar-refractivity contribution in [2.45, 2.75) is 38.1 Å². The number of carbonyl (C=O) groups is 3. The van der Waals surface area contributed by atoms with Crippen molar-refractivity contribution < 1.29 is 33.7 Å². The van der Waals surface area contributed by atoms with Crippen molar-refractivity contribution >= 4 is 23.8 Å². The Kier molecular flexibility index (Phi) is 6.49. The standard InChI is InChI=1S/C22H24O7/c1-13(28-20(25)11-8-14-6-9-15(23)10-7-14)21(26)16-12-17(16)22(27-2)18-4-3-5-19(24)29-18/h3,5-11,13,16-18,22-23H,4,12H2,1-2H3/b11-8+/t13-,16+,17+,18-,22+/m1/s1. The third kappa shape index (κ3) is 5.32. The number of Topliss-reactive ketones (excluding diaryl/α,β-unsaturated/α-hetero) is 1. The molecule has 1 aromatic carbocycles. The van der Waals surface area contributed by atoms with Crippen molar-refractivity contribution in [1.82, 2.24) is 0 Å². The Labute approximate surface area is 168 Å². The Morgan fingerprint density at radius 3 is 2.66 bits per heavy atom. The molecule has 3 rings (SSSR count). The van der Waals surface area contributed by atoms with E-state index in [9.17, 15) is 19.5 Å². The van der Waals surface area contributed by atoms with E-state index in [1.807, 2.05) is 0 Å². The first-order chi connectivity index (χ1) is 13.9. The Morgan fingerprint density at radius 1 is 1.28 bits per heavy atom. The molecule has 0 radical (unpaired) electrons. The number of aromatic hydroxyl groups is 1. The average molecular weight is 400 g/mol. The molecule has 2 aliphatic rings. The van der Waals surface area contributed by atoms with Gasteiger partial charge in [0.2, 0.25) is 0 Å². The predicted octanol–water partition coefficient (Wildman–Crippen LogP) is 2.43. The first kappa shape index (κ1) is 20.8. The van der Waals surface area contributed by atoms with Crippen LogP contribution in [0, 0.1) is 11.8 Å². The van der Waals surface area contributed by atoms with E-state index in [2.05, 4.69) is 0 Å². The van der Waals surface area contributed by atoms with Gasteiger partial charge in [-0.15, -0.1) is 0 Å². The zero-order valence-electron chi connectivity index (χ0n) is 16.3. The molecule has 1 N–H and O–H groups in total. The number of cyclic esters (lactones) is 1. The summed E-state index contributed by atoms with van der Waals surface area (Å²) in [6.07, 6.45) is 5.42. The lowest BCUT2D eigenvalue weighted by Crippen LogP contribution is -2.37. The highest BCUT2D eigenvalue weighted by molar-refractivity contribution is 5.93. The summed E-state index contributed by atoms with van der Waals surface area (Å²) in [5.74, 6) is -1.41. The summed E-state index contributed by atoms with van der Waals surface area (Å²) >= 11 is 0. The molecule has 1 aliphatic heterocycles. The summed E-state index contributed by atoms with van der Waals surface area (Å²) < 4.78 is 16.0. The minimum absolute atomic E-state index is 0.0644. The van der Waals surface area contributed by atoms with Gasteiger partial charge in [-0.3, -0.25) is 4.79 Å². The number of phenols is 1. The van der Waals surface area contributed by atoms with Gasteiger partial charge in [0.05, 0.1) is 6.10 Å². The molecule has 0 saturated heterocycles. The maximum absolute atomic E-state index is 12.6. The number of rotatable bonds is 8. The molecule has 0 bridgehead atoms. The SMILES string of the molecule is CO[C@@H]([C@H]1C[C@@H]1C(=O)[C@@H](C)OC(=O)/C=C/c1ccc(O)cc1)[C@H]1CC=CC(=O)O1.